The molecule has 1 saturated carbocycles. The van der Waals surface area contributed by atoms with Crippen molar-refractivity contribution in [2.45, 2.75) is 51.6 Å². The van der Waals surface area contributed by atoms with Crippen LogP contribution in [0.1, 0.15) is 39.5 Å². The Balaban J connectivity index is 0. The van der Waals surface area contributed by atoms with Gasteiger partial charge in [0.15, 0.2) is 5.92 Å². The van der Waals surface area contributed by atoms with Crippen molar-refractivity contribution < 1.29 is 40.9 Å². The van der Waals surface area contributed by atoms with Gasteiger partial charge < -0.3 is 26.6 Å². The number of carbonyl (C=O) groups is 2. The number of hydrogen-bond donors (Lipinski definition) is 4. The van der Waals surface area contributed by atoms with Gasteiger partial charge in [0.1, 0.15) is 0 Å². The summed E-state index contributed by atoms with van der Waals surface area (Å²) in [7, 11) is 0. The zero-order valence-electron chi connectivity index (χ0n) is 13.3. The fourth-order valence-electron chi connectivity index (χ4n) is 1.81. The molecule has 0 amide bonds. The molecule has 6 N–H and O–H groups in total. The number of carboxylic acid groups (broad SMARTS) is 2. The second-order valence-electron chi connectivity index (χ2n) is 5.32. The molecule has 0 unspecified atom stereocenters. The number of hydrogen-bond acceptors (Lipinski definition) is 5. The van der Waals surface area contributed by atoms with Gasteiger partial charge in [-0.2, -0.15) is 0 Å². The summed E-state index contributed by atoms with van der Waals surface area (Å²) in [5, 5.41) is 17.3. The van der Waals surface area contributed by atoms with Gasteiger partial charge in [-0.3, -0.25) is 9.59 Å². The Morgan fingerprint density at radius 3 is 1.77 bits per heavy atom. The van der Waals surface area contributed by atoms with E-state index in [1.165, 1.54) is 0 Å². The minimum atomic E-state index is -1.25. The fourth-order valence-corrected chi connectivity index (χ4v) is 1.81. The first-order chi connectivity index (χ1) is 9.83. The molecular weight excluding hydrogens is 469 g/mol. The molecule has 134 valence electrons. The smallest absolute Gasteiger partial charge is 0.317 e. The standard InChI is InChI=1S/C11H21NO4.C3H8N2.Pt/c1-3-12(4-2)8-6-5-7-9(10(13)14)11(15)16;4-2-1-3(2)5;/h9H,3-8H2,1-2H3,(H,13,14)(H,15,16);2-3H,1,4-5H2;/t;2-,3-;/m.1./s1. The van der Waals surface area contributed by atoms with Gasteiger partial charge in [-0.05, 0) is 38.9 Å². The maximum atomic E-state index is 10.6. The van der Waals surface area contributed by atoms with Gasteiger partial charge in [0.25, 0.3) is 0 Å². The molecular formula is C14H29N3O4Pt. The van der Waals surface area contributed by atoms with Crippen molar-refractivity contribution >= 4 is 11.9 Å². The van der Waals surface area contributed by atoms with E-state index in [9.17, 15) is 9.59 Å². The normalized spacial score (nSPS) is 19.2. The molecule has 0 radical (unpaired) electrons. The summed E-state index contributed by atoms with van der Waals surface area (Å²) in [6, 6.07) is 0.657. The minimum absolute atomic E-state index is 0. The van der Waals surface area contributed by atoms with Gasteiger partial charge in [0, 0.05) is 33.1 Å². The molecule has 22 heavy (non-hydrogen) atoms. The van der Waals surface area contributed by atoms with Crippen molar-refractivity contribution in [3.8, 4) is 0 Å². The number of aliphatic carboxylic acids is 2. The molecule has 1 aliphatic carbocycles. The summed E-state index contributed by atoms with van der Waals surface area (Å²) in [6.45, 7) is 6.98. The molecule has 0 aromatic rings. The van der Waals surface area contributed by atoms with Crippen LogP contribution in [-0.4, -0.2) is 58.8 Å². The topological polar surface area (TPSA) is 130 Å². The second-order valence-corrected chi connectivity index (χ2v) is 5.32. The Hall–Kier alpha value is -0.492. The monoisotopic (exact) mass is 498 g/mol. The van der Waals surface area contributed by atoms with Crippen LogP contribution in [0.25, 0.3) is 0 Å². The van der Waals surface area contributed by atoms with Crippen LogP contribution in [-0.2, 0) is 30.7 Å². The molecule has 0 aromatic heterocycles. The SMILES string of the molecule is CCN(CC)CCCCC(C(=O)O)C(=O)O.N[C@@H]1C[C@H]1N.[Pt]. The molecule has 0 saturated heterocycles. The summed E-state index contributed by atoms with van der Waals surface area (Å²) in [5.74, 6) is -3.73. The summed E-state index contributed by atoms with van der Waals surface area (Å²) in [6.07, 6.45) is 2.73. The van der Waals surface area contributed by atoms with E-state index in [1.807, 2.05) is 0 Å². The number of rotatable bonds is 9. The summed E-state index contributed by atoms with van der Waals surface area (Å²) >= 11 is 0. The summed E-state index contributed by atoms with van der Waals surface area (Å²) < 4.78 is 0. The van der Waals surface area contributed by atoms with Crippen LogP contribution in [0.3, 0.4) is 0 Å². The predicted molar refractivity (Wildman–Crippen MR) is 81.0 cm³/mol. The van der Waals surface area contributed by atoms with Crippen molar-refractivity contribution in [2.75, 3.05) is 19.6 Å². The van der Waals surface area contributed by atoms with Gasteiger partial charge in [0.2, 0.25) is 0 Å². The molecule has 8 heteroatoms. The Bertz CT molecular complexity index is 307. The number of carboxylic acids is 2. The van der Waals surface area contributed by atoms with E-state index >= 15 is 0 Å². The Morgan fingerprint density at radius 2 is 1.50 bits per heavy atom. The second kappa shape index (κ2) is 13.0. The van der Waals surface area contributed by atoms with Crippen LogP contribution < -0.4 is 11.5 Å². The van der Waals surface area contributed by atoms with E-state index in [-0.39, 0.29) is 27.5 Å². The van der Waals surface area contributed by atoms with Gasteiger partial charge in [-0.1, -0.05) is 20.3 Å². The van der Waals surface area contributed by atoms with E-state index in [0.29, 0.717) is 18.5 Å². The number of nitrogens with two attached hydrogens (primary N) is 2. The van der Waals surface area contributed by atoms with Gasteiger partial charge >= 0.3 is 11.9 Å². The predicted octanol–water partition coefficient (Wildman–Crippen LogP) is 0.326. The average Bonchev–Trinajstić information content (AvgIpc) is 3.06. The molecule has 0 bridgehead atoms. The van der Waals surface area contributed by atoms with Crippen LogP contribution in [0.15, 0.2) is 0 Å². The van der Waals surface area contributed by atoms with Crippen molar-refractivity contribution in [2.24, 2.45) is 17.4 Å². The minimum Gasteiger partial charge on any atom is -0.481 e. The molecule has 0 spiro atoms. The van der Waals surface area contributed by atoms with Crippen LogP contribution in [0, 0.1) is 5.92 Å². The van der Waals surface area contributed by atoms with Gasteiger partial charge in [-0.15, -0.1) is 0 Å². The molecule has 2 atom stereocenters. The third kappa shape index (κ3) is 11.1. The maximum Gasteiger partial charge on any atom is 0.317 e. The first kappa shape index (κ1) is 23.8. The van der Waals surface area contributed by atoms with Crippen LogP contribution in [0.5, 0.6) is 0 Å². The van der Waals surface area contributed by atoms with E-state index in [1.54, 1.807) is 0 Å². The van der Waals surface area contributed by atoms with E-state index in [2.05, 4.69) is 18.7 Å². The van der Waals surface area contributed by atoms with E-state index < -0.39 is 17.9 Å². The van der Waals surface area contributed by atoms with Crippen LogP contribution in [0.2, 0.25) is 0 Å². The maximum absolute atomic E-state index is 10.6. The fraction of sp³-hybridized carbons (Fsp3) is 0.857. The molecule has 1 fully saturated rings. The molecule has 0 aromatic carbocycles. The Morgan fingerprint density at radius 1 is 1.09 bits per heavy atom. The zero-order valence-corrected chi connectivity index (χ0v) is 15.6. The first-order valence-corrected chi connectivity index (χ1v) is 7.52. The molecule has 1 rings (SSSR count). The van der Waals surface area contributed by atoms with Gasteiger partial charge in [-0.25, -0.2) is 0 Å². The molecule has 0 heterocycles. The summed E-state index contributed by atoms with van der Waals surface area (Å²) in [5.41, 5.74) is 10.5. The summed E-state index contributed by atoms with van der Waals surface area (Å²) in [4.78, 5) is 23.4. The zero-order chi connectivity index (χ0) is 16.4. The van der Waals surface area contributed by atoms with E-state index in [4.69, 9.17) is 21.7 Å². The quantitative estimate of drug-likeness (QED) is 0.266. The van der Waals surface area contributed by atoms with Gasteiger partial charge in [0.05, 0.1) is 0 Å². The van der Waals surface area contributed by atoms with Crippen molar-refractivity contribution in [3.05, 3.63) is 0 Å². The average molecular weight is 498 g/mol. The van der Waals surface area contributed by atoms with Crippen molar-refractivity contribution in [3.63, 3.8) is 0 Å². The van der Waals surface area contributed by atoms with Crippen LogP contribution in [0.4, 0.5) is 0 Å². The third-order valence-electron chi connectivity index (χ3n) is 3.60. The molecule has 1 aliphatic rings. The largest absolute Gasteiger partial charge is 0.481 e. The van der Waals surface area contributed by atoms with Crippen LogP contribution >= 0.6 is 0 Å². The van der Waals surface area contributed by atoms with E-state index in [0.717, 1.165) is 32.5 Å². The Kier molecular flexibility index (Phi) is 14.0. The Labute approximate surface area is 146 Å². The third-order valence-corrected chi connectivity index (χ3v) is 3.60. The molecule has 0 aliphatic heterocycles. The van der Waals surface area contributed by atoms with Crippen molar-refractivity contribution in [1.29, 1.82) is 0 Å². The number of nitrogens with zero attached hydrogens (tertiary/aromatic N) is 1. The molecule has 7 nitrogen and oxygen atoms in total. The first-order valence-electron chi connectivity index (χ1n) is 7.52. The number of unbranched alkanes of at least 4 members (excludes halogenated alkanes) is 1. The van der Waals surface area contributed by atoms with Crippen molar-refractivity contribution in [1.82, 2.24) is 4.90 Å².